The molecule has 0 unspecified atom stereocenters. The van der Waals surface area contributed by atoms with Crippen LogP contribution < -0.4 is 0 Å². The van der Waals surface area contributed by atoms with Crippen LogP contribution in [0, 0.1) is 0 Å². The van der Waals surface area contributed by atoms with E-state index in [-0.39, 0.29) is 0 Å². The Kier molecular flexibility index (Phi) is 2.23. The van der Waals surface area contributed by atoms with Crippen LogP contribution in [0.3, 0.4) is 0 Å². The first kappa shape index (κ1) is 5.67. The van der Waals surface area contributed by atoms with Crippen LogP contribution in [-0.2, 0) is 0 Å². The summed E-state index contributed by atoms with van der Waals surface area (Å²) in [7, 11) is 0. The van der Waals surface area contributed by atoms with Gasteiger partial charge in [0.05, 0.1) is 0 Å². The van der Waals surface area contributed by atoms with Crippen molar-refractivity contribution in [2.45, 2.75) is 25.7 Å². The monoisotopic (exact) mass is 201 g/mol. The van der Waals surface area contributed by atoms with Crippen LogP contribution in [0.25, 0.3) is 0 Å². The van der Waals surface area contributed by atoms with Crippen molar-refractivity contribution in [1.82, 2.24) is 0 Å². The molecule has 0 aromatic heterocycles. The average molecular weight is 200 g/mol. The number of allylic oxidation sites excluding steroid dienone is 2. The van der Waals surface area contributed by atoms with Gasteiger partial charge in [-0.05, 0) is 0 Å². The third kappa shape index (κ3) is 1.85. The van der Waals surface area contributed by atoms with Gasteiger partial charge in [-0.1, -0.05) is 0 Å². The molecule has 0 heterocycles. The molecule has 0 saturated carbocycles. The van der Waals surface area contributed by atoms with Gasteiger partial charge in [-0.25, -0.2) is 0 Å². The fourth-order valence-electron chi connectivity index (χ4n) is 0.838. The first-order valence-corrected chi connectivity index (χ1v) is 4.23. The van der Waals surface area contributed by atoms with Crippen molar-refractivity contribution in [3.8, 4) is 0 Å². The summed E-state index contributed by atoms with van der Waals surface area (Å²) in [6.07, 6.45) is 8.00. The Bertz CT molecular complexity index is 84.2. The summed E-state index contributed by atoms with van der Waals surface area (Å²) < 4.78 is 1.68. The van der Waals surface area contributed by atoms with Crippen LogP contribution in [0.4, 0.5) is 0 Å². The summed E-state index contributed by atoms with van der Waals surface area (Å²) in [5.41, 5.74) is 0. The van der Waals surface area contributed by atoms with Gasteiger partial charge in [0.15, 0.2) is 0 Å². The van der Waals surface area contributed by atoms with E-state index in [1.807, 2.05) is 0 Å². The molecule has 3 radical (unpaired) electrons. The molecule has 0 bridgehead atoms. The zero-order valence-corrected chi connectivity index (χ0v) is 7.26. The Morgan fingerprint density at radius 2 is 2.29 bits per heavy atom. The molecule has 7 heavy (non-hydrogen) atoms. The van der Waals surface area contributed by atoms with Crippen LogP contribution in [-0.4, -0.2) is 22.5 Å². The Balaban J connectivity index is 2.40. The van der Waals surface area contributed by atoms with Gasteiger partial charge in [0.25, 0.3) is 0 Å². The van der Waals surface area contributed by atoms with E-state index >= 15 is 0 Å². The summed E-state index contributed by atoms with van der Waals surface area (Å²) in [6.45, 7) is 0. The van der Waals surface area contributed by atoms with Gasteiger partial charge in [0.1, 0.15) is 0 Å². The van der Waals surface area contributed by atoms with E-state index < -0.39 is 0 Å². The Morgan fingerprint density at radius 1 is 1.43 bits per heavy atom. The van der Waals surface area contributed by atoms with Gasteiger partial charge in [-0.2, -0.15) is 0 Å². The van der Waals surface area contributed by atoms with Gasteiger partial charge >= 0.3 is 57.9 Å². The molecular formula is C6H9Sn. The summed E-state index contributed by atoms with van der Waals surface area (Å²) in [4.78, 5) is 0. The minimum atomic E-state index is 1.35. The summed E-state index contributed by atoms with van der Waals surface area (Å²) in [5.74, 6) is 0. The van der Waals surface area contributed by atoms with Crippen molar-refractivity contribution in [3.63, 3.8) is 0 Å². The van der Waals surface area contributed by atoms with Crippen LogP contribution in [0.2, 0.25) is 0 Å². The molecule has 0 saturated heterocycles. The van der Waals surface area contributed by atoms with E-state index in [4.69, 9.17) is 0 Å². The van der Waals surface area contributed by atoms with Gasteiger partial charge in [-0.3, -0.25) is 0 Å². The number of hydrogen-bond acceptors (Lipinski definition) is 0. The third-order valence-electron chi connectivity index (χ3n) is 1.29. The van der Waals surface area contributed by atoms with E-state index in [2.05, 4.69) is 6.08 Å². The first-order valence-electron chi connectivity index (χ1n) is 2.80. The van der Waals surface area contributed by atoms with Crippen molar-refractivity contribution < 1.29 is 0 Å². The van der Waals surface area contributed by atoms with E-state index in [9.17, 15) is 0 Å². The van der Waals surface area contributed by atoms with Gasteiger partial charge < -0.3 is 0 Å². The van der Waals surface area contributed by atoms with Gasteiger partial charge in [0, 0.05) is 0 Å². The molecule has 1 rings (SSSR count). The average Bonchev–Trinajstić information content (AvgIpc) is 1.69. The fourth-order valence-corrected chi connectivity index (χ4v) is 1.75. The second-order valence-corrected chi connectivity index (χ2v) is 3.81. The van der Waals surface area contributed by atoms with Crippen molar-refractivity contribution >= 4 is 22.5 Å². The Labute approximate surface area is 58.1 Å². The van der Waals surface area contributed by atoms with E-state index in [1.165, 1.54) is 25.7 Å². The normalized spacial score (nSPS) is 21.6. The second-order valence-electron chi connectivity index (χ2n) is 1.98. The summed E-state index contributed by atoms with van der Waals surface area (Å²) >= 11 is 1.63. The van der Waals surface area contributed by atoms with Crippen molar-refractivity contribution in [2.24, 2.45) is 0 Å². The zero-order valence-electron chi connectivity index (χ0n) is 4.41. The zero-order chi connectivity index (χ0) is 5.11. The predicted octanol–water partition coefficient (Wildman–Crippen LogP) is 1.61. The topological polar surface area (TPSA) is 0 Å². The molecule has 0 fully saturated rings. The van der Waals surface area contributed by atoms with Crippen molar-refractivity contribution in [2.75, 3.05) is 0 Å². The number of hydrogen-bond donors (Lipinski definition) is 0. The molecule has 1 aliphatic rings. The van der Waals surface area contributed by atoms with Crippen molar-refractivity contribution in [1.29, 1.82) is 0 Å². The molecule has 0 N–H and O–H groups in total. The standard InChI is InChI=1S/C6H9.Sn/c1-2-4-6-5-3-1;/h1H,2,4-6H2;. The van der Waals surface area contributed by atoms with E-state index in [0.29, 0.717) is 0 Å². The predicted molar refractivity (Wildman–Crippen MR) is 32.3 cm³/mol. The SMILES string of the molecule is [Sn][C]1=CCCCC1. The molecule has 0 spiro atoms. The molecule has 1 aliphatic carbocycles. The van der Waals surface area contributed by atoms with Crippen LogP contribution in [0.5, 0.6) is 0 Å². The van der Waals surface area contributed by atoms with E-state index in [0.717, 1.165) is 0 Å². The quantitative estimate of drug-likeness (QED) is 0.521. The summed E-state index contributed by atoms with van der Waals surface area (Å²) in [5, 5.41) is 0. The molecule has 0 nitrogen and oxygen atoms in total. The van der Waals surface area contributed by atoms with Crippen LogP contribution in [0.15, 0.2) is 9.67 Å². The molecular weight excluding hydrogens is 191 g/mol. The molecule has 0 atom stereocenters. The van der Waals surface area contributed by atoms with Crippen molar-refractivity contribution in [3.05, 3.63) is 9.67 Å². The Hall–Kier alpha value is 0.539. The molecule has 1 heteroatoms. The molecule has 0 aromatic carbocycles. The third-order valence-corrected chi connectivity index (χ3v) is 2.59. The molecule has 0 aliphatic heterocycles. The minimum absolute atomic E-state index is 1.35. The number of rotatable bonds is 0. The van der Waals surface area contributed by atoms with Crippen LogP contribution >= 0.6 is 0 Å². The van der Waals surface area contributed by atoms with Crippen LogP contribution in [0.1, 0.15) is 25.7 Å². The molecule has 37 valence electrons. The maximum atomic E-state index is 2.39. The molecule has 0 amide bonds. The first-order chi connectivity index (χ1) is 3.39. The Morgan fingerprint density at radius 3 is 2.57 bits per heavy atom. The fraction of sp³-hybridized carbons (Fsp3) is 0.667. The van der Waals surface area contributed by atoms with Gasteiger partial charge in [-0.15, -0.1) is 0 Å². The molecule has 0 aromatic rings. The summed E-state index contributed by atoms with van der Waals surface area (Å²) in [6, 6.07) is 0. The van der Waals surface area contributed by atoms with Gasteiger partial charge in [0.2, 0.25) is 0 Å². The maximum absolute atomic E-state index is 2.39. The van der Waals surface area contributed by atoms with E-state index in [1.54, 1.807) is 26.1 Å². The second kappa shape index (κ2) is 2.75.